The van der Waals surface area contributed by atoms with E-state index in [-0.39, 0.29) is 23.7 Å². The highest BCUT2D eigenvalue weighted by Crippen LogP contribution is 2.58. The minimum absolute atomic E-state index is 0.123. The number of ether oxygens (including phenoxy) is 6. The summed E-state index contributed by atoms with van der Waals surface area (Å²) < 4.78 is 34.7. The van der Waals surface area contributed by atoms with E-state index in [0.29, 0.717) is 0 Å². The Morgan fingerprint density at radius 1 is 0.359 bits per heavy atom. The highest BCUT2D eigenvalue weighted by Gasteiger charge is 2.43. The lowest BCUT2D eigenvalue weighted by atomic mass is 9.70. The van der Waals surface area contributed by atoms with Crippen LogP contribution < -0.4 is 28.4 Å². The van der Waals surface area contributed by atoms with Gasteiger partial charge in [-0.25, -0.2) is 0 Å². The standard InChI is InChI=1S/2C27H28O3.2C2H2/c1-14-7-21-20(24(8-14)29-5)13-19-18-9-15(2)16(3)10-22(18)26(21)27-23(19)11-17(28-4)12-25(27)30-6;1-14-7-16(3)25-20(8-14)21-10-17-11-23(29-5)15(2)9-19(17)27(25)22-12-18(28-4)13-24(30-6)26(21)22;2*1-2/h7-12,19,26H,13H2,1-6H3;7-9,11-13,21,27H,10H2,1-6H3;2*1-2H. The molecular weight excluding hydrogens is 793 g/mol. The van der Waals surface area contributed by atoms with Gasteiger partial charge in [0.2, 0.25) is 0 Å². The van der Waals surface area contributed by atoms with Gasteiger partial charge in [-0.05, 0) is 162 Å². The molecule has 328 valence electrons. The van der Waals surface area contributed by atoms with Crippen molar-refractivity contribution in [1.82, 2.24) is 0 Å². The van der Waals surface area contributed by atoms with Crippen molar-refractivity contribution in [1.29, 1.82) is 0 Å². The maximum absolute atomic E-state index is 5.92. The summed E-state index contributed by atoms with van der Waals surface area (Å²) >= 11 is 0. The first-order valence-electron chi connectivity index (χ1n) is 21.7. The number of terminal acetylenes is 2. The molecule has 0 saturated heterocycles. The van der Waals surface area contributed by atoms with Crippen LogP contribution in [0.2, 0.25) is 0 Å². The van der Waals surface area contributed by atoms with Gasteiger partial charge in [0, 0.05) is 46.9 Å². The summed E-state index contributed by atoms with van der Waals surface area (Å²) in [7, 11) is 10.5. The summed E-state index contributed by atoms with van der Waals surface area (Å²) in [4.78, 5) is 0. The van der Waals surface area contributed by atoms with Crippen molar-refractivity contribution in [3.63, 3.8) is 0 Å². The van der Waals surface area contributed by atoms with Crippen molar-refractivity contribution < 1.29 is 28.4 Å². The van der Waals surface area contributed by atoms with Crippen LogP contribution >= 0.6 is 0 Å². The molecule has 64 heavy (non-hydrogen) atoms. The third-order valence-corrected chi connectivity index (χ3v) is 13.9. The predicted octanol–water partition coefficient (Wildman–Crippen LogP) is 12.1. The van der Waals surface area contributed by atoms with E-state index in [9.17, 15) is 0 Å². The van der Waals surface area contributed by atoms with Gasteiger partial charge in [-0.1, -0.05) is 42.0 Å². The Bertz CT molecular complexity index is 2820. The molecule has 6 aromatic rings. The van der Waals surface area contributed by atoms with Crippen molar-refractivity contribution in [2.75, 3.05) is 42.7 Å². The van der Waals surface area contributed by atoms with Crippen LogP contribution in [0.1, 0.15) is 124 Å². The minimum Gasteiger partial charge on any atom is -0.497 e. The highest BCUT2D eigenvalue weighted by atomic mass is 16.5. The number of rotatable bonds is 6. The summed E-state index contributed by atoms with van der Waals surface area (Å²) in [6.07, 6.45) is 17.8. The molecule has 0 aromatic heterocycles. The zero-order chi connectivity index (χ0) is 46.3. The predicted molar refractivity (Wildman–Crippen MR) is 259 cm³/mol. The van der Waals surface area contributed by atoms with Crippen molar-refractivity contribution in [2.24, 2.45) is 0 Å². The SMILES string of the molecule is C#C.C#C.COc1cc(OC)c2c(c1)C1Cc3c(OC)cc(C)cc3C2c2cc(C)c(C)cc21.COc1cc(OC)c2c(c1)C1c3cc(C)c(OC)cc3CC2c2cc(C)cc(C)c21. The topological polar surface area (TPSA) is 55.4 Å². The number of aryl methyl sites for hydroxylation is 6. The Hall–Kier alpha value is -6.76. The molecule has 4 unspecified atom stereocenters. The smallest absolute Gasteiger partial charge is 0.127 e. The minimum atomic E-state index is 0.123. The molecule has 0 amide bonds. The molecule has 6 aromatic carbocycles. The average molecular weight is 853 g/mol. The van der Waals surface area contributed by atoms with E-state index in [1.807, 2.05) is 12.1 Å². The Kier molecular flexibility index (Phi) is 12.8. The summed E-state index contributed by atoms with van der Waals surface area (Å²) in [6.45, 7) is 13.1. The molecular formula is C58H60O6. The summed E-state index contributed by atoms with van der Waals surface area (Å²) in [5.74, 6) is 6.23. The van der Waals surface area contributed by atoms with E-state index in [0.717, 1.165) is 47.3 Å². The molecule has 12 rings (SSSR count). The van der Waals surface area contributed by atoms with Gasteiger partial charge >= 0.3 is 0 Å². The maximum Gasteiger partial charge on any atom is 0.127 e. The fourth-order valence-electron chi connectivity index (χ4n) is 11.2. The molecule has 0 heterocycles. The van der Waals surface area contributed by atoms with Gasteiger partial charge in [-0.3, -0.25) is 0 Å². The lowest BCUT2D eigenvalue weighted by Gasteiger charge is -2.34. The Morgan fingerprint density at radius 3 is 1.48 bits per heavy atom. The number of hydrogen-bond donors (Lipinski definition) is 0. The average Bonchev–Trinajstić information content (AvgIpc) is 3.66. The molecule has 6 aliphatic rings. The first-order chi connectivity index (χ1) is 30.9. The quantitative estimate of drug-likeness (QED) is 0.156. The molecule has 6 nitrogen and oxygen atoms in total. The van der Waals surface area contributed by atoms with E-state index < -0.39 is 0 Å². The zero-order valence-electron chi connectivity index (χ0n) is 39.4. The van der Waals surface area contributed by atoms with Crippen LogP contribution in [0, 0.1) is 67.2 Å². The van der Waals surface area contributed by atoms with Crippen molar-refractivity contribution in [3.05, 3.63) is 173 Å². The Labute approximate surface area is 380 Å². The van der Waals surface area contributed by atoms with Crippen LogP contribution in [-0.4, -0.2) is 42.7 Å². The van der Waals surface area contributed by atoms with Crippen LogP contribution in [0.15, 0.2) is 72.8 Å². The maximum atomic E-state index is 5.92. The molecule has 0 aliphatic heterocycles. The van der Waals surface area contributed by atoms with Crippen molar-refractivity contribution >= 4 is 0 Å². The molecule has 6 aliphatic carbocycles. The molecule has 0 N–H and O–H groups in total. The third-order valence-electron chi connectivity index (χ3n) is 13.9. The summed E-state index contributed by atoms with van der Waals surface area (Å²) in [5.41, 5.74) is 24.0. The van der Waals surface area contributed by atoms with Gasteiger partial charge in [-0.15, -0.1) is 25.7 Å². The number of hydrogen-bond acceptors (Lipinski definition) is 6. The second-order valence-electron chi connectivity index (χ2n) is 17.3. The van der Waals surface area contributed by atoms with Crippen LogP contribution in [0.5, 0.6) is 34.5 Å². The van der Waals surface area contributed by atoms with E-state index in [4.69, 9.17) is 28.4 Å². The van der Waals surface area contributed by atoms with Gasteiger partial charge in [0.05, 0.1) is 42.7 Å². The van der Waals surface area contributed by atoms with Gasteiger partial charge in [0.15, 0.2) is 0 Å². The largest absolute Gasteiger partial charge is 0.497 e. The molecule has 0 saturated carbocycles. The second-order valence-corrected chi connectivity index (χ2v) is 17.3. The third kappa shape index (κ3) is 7.30. The lowest BCUT2D eigenvalue weighted by Crippen LogP contribution is -2.19. The van der Waals surface area contributed by atoms with Crippen LogP contribution in [0.25, 0.3) is 0 Å². The van der Waals surface area contributed by atoms with Crippen LogP contribution in [0.3, 0.4) is 0 Å². The van der Waals surface area contributed by atoms with Gasteiger partial charge in [-0.2, -0.15) is 0 Å². The highest BCUT2D eigenvalue weighted by molar-refractivity contribution is 5.71. The monoisotopic (exact) mass is 852 g/mol. The summed E-state index contributed by atoms with van der Waals surface area (Å²) in [5, 5.41) is 0. The van der Waals surface area contributed by atoms with Gasteiger partial charge in [0.25, 0.3) is 0 Å². The number of methoxy groups -OCH3 is 6. The fourth-order valence-corrected chi connectivity index (χ4v) is 11.2. The molecule has 0 radical (unpaired) electrons. The van der Waals surface area contributed by atoms with Crippen molar-refractivity contribution in [2.45, 2.75) is 78.1 Å². The zero-order valence-corrected chi connectivity index (χ0v) is 39.4. The Balaban J connectivity index is 0.000000178. The molecule has 4 atom stereocenters. The Morgan fingerprint density at radius 2 is 0.875 bits per heavy atom. The van der Waals surface area contributed by atoms with Gasteiger partial charge < -0.3 is 28.4 Å². The first kappa shape index (κ1) is 45.3. The van der Waals surface area contributed by atoms with E-state index in [1.54, 1.807) is 42.7 Å². The molecule has 6 heteroatoms. The second kappa shape index (κ2) is 18.1. The van der Waals surface area contributed by atoms with E-state index >= 15 is 0 Å². The van der Waals surface area contributed by atoms with E-state index in [2.05, 4.69) is 128 Å². The number of benzene rings is 6. The summed E-state index contributed by atoms with van der Waals surface area (Å²) in [6, 6.07) is 27.0. The van der Waals surface area contributed by atoms with Crippen LogP contribution in [0.4, 0.5) is 0 Å². The van der Waals surface area contributed by atoms with E-state index in [1.165, 1.54) is 100 Å². The fraction of sp³-hybridized carbons (Fsp3) is 0.310. The van der Waals surface area contributed by atoms with Crippen LogP contribution in [-0.2, 0) is 12.8 Å². The molecule has 4 bridgehead atoms. The lowest BCUT2D eigenvalue weighted by molar-refractivity contribution is 0.387. The van der Waals surface area contributed by atoms with Crippen molar-refractivity contribution in [3.8, 4) is 60.2 Å². The van der Waals surface area contributed by atoms with Gasteiger partial charge in [0.1, 0.15) is 34.5 Å². The molecule has 0 fully saturated rings. The normalized spacial score (nSPS) is 17.1. The molecule has 0 spiro atoms. The first-order valence-corrected chi connectivity index (χ1v) is 21.7.